The summed E-state index contributed by atoms with van der Waals surface area (Å²) in [6, 6.07) is 12.0. The van der Waals surface area contributed by atoms with Crippen molar-refractivity contribution < 1.29 is 8.91 Å². The molecule has 7 nitrogen and oxygen atoms in total. The van der Waals surface area contributed by atoms with E-state index in [1.165, 1.54) is 12.1 Å². The Hall–Kier alpha value is -3.42. The molecule has 0 radical (unpaired) electrons. The highest BCUT2D eigenvalue weighted by Gasteiger charge is 2.12. The second-order valence-electron chi connectivity index (χ2n) is 6.07. The van der Waals surface area contributed by atoms with Gasteiger partial charge in [0.05, 0.1) is 17.1 Å². The summed E-state index contributed by atoms with van der Waals surface area (Å²) >= 11 is 0. The van der Waals surface area contributed by atoms with Crippen molar-refractivity contribution in [2.75, 3.05) is 5.32 Å². The van der Waals surface area contributed by atoms with Gasteiger partial charge < -0.3 is 19.8 Å². The molecular formula is C18H16FN5O2. The molecule has 0 fully saturated rings. The summed E-state index contributed by atoms with van der Waals surface area (Å²) < 4.78 is 18.2. The predicted molar refractivity (Wildman–Crippen MR) is 94.5 cm³/mol. The molecule has 4 rings (SSSR count). The summed E-state index contributed by atoms with van der Waals surface area (Å²) in [6.07, 6.45) is 0.455. The van der Waals surface area contributed by atoms with E-state index in [4.69, 9.17) is 4.52 Å². The van der Waals surface area contributed by atoms with Crippen molar-refractivity contribution in [1.82, 2.24) is 20.1 Å². The number of imidazole rings is 1. The molecule has 3 N–H and O–H groups in total. The zero-order valence-electron chi connectivity index (χ0n) is 13.9. The van der Waals surface area contributed by atoms with E-state index in [-0.39, 0.29) is 17.5 Å². The van der Waals surface area contributed by atoms with Crippen LogP contribution >= 0.6 is 0 Å². The third-order valence-corrected chi connectivity index (χ3v) is 4.12. The zero-order valence-corrected chi connectivity index (χ0v) is 13.9. The van der Waals surface area contributed by atoms with E-state index in [2.05, 4.69) is 25.4 Å². The van der Waals surface area contributed by atoms with Crippen LogP contribution in [0.3, 0.4) is 0 Å². The number of rotatable bonds is 5. The summed E-state index contributed by atoms with van der Waals surface area (Å²) in [5, 5.41) is 7.08. The summed E-state index contributed by atoms with van der Waals surface area (Å²) in [4.78, 5) is 21.1. The van der Waals surface area contributed by atoms with Crippen LogP contribution in [0.5, 0.6) is 0 Å². The molecule has 2 aromatic heterocycles. The van der Waals surface area contributed by atoms with Gasteiger partial charge in [-0.2, -0.15) is 4.98 Å². The van der Waals surface area contributed by atoms with Crippen LogP contribution in [0.25, 0.3) is 11.0 Å². The Morgan fingerprint density at radius 2 is 1.92 bits per heavy atom. The quantitative estimate of drug-likeness (QED) is 0.512. The Morgan fingerprint density at radius 3 is 2.73 bits per heavy atom. The summed E-state index contributed by atoms with van der Waals surface area (Å²) in [6.45, 7) is 1.95. The lowest BCUT2D eigenvalue weighted by molar-refractivity contribution is 0.421. The third-order valence-electron chi connectivity index (χ3n) is 4.12. The normalized spacial score (nSPS) is 12.4. The van der Waals surface area contributed by atoms with Crippen molar-refractivity contribution in [3.05, 3.63) is 75.7 Å². The summed E-state index contributed by atoms with van der Waals surface area (Å²) in [7, 11) is 0. The average Bonchev–Trinajstić information content (AvgIpc) is 3.21. The first kappa shape index (κ1) is 16.1. The van der Waals surface area contributed by atoms with Gasteiger partial charge in [0.15, 0.2) is 5.82 Å². The fraction of sp³-hybridized carbons (Fsp3) is 0.167. The van der Waals surface area contributed by atoms with Crippen molar-refractivity contribution in [3.63, 3.8) is 0 Å². The number of fused-ring (bicyclic) bond motifs is 1. The molecule has 0 aliphatic rings. The van der Waals surface area contributed by atoms with Crippen molar-refractivity contribution in [2.45, 2.75) is 19.4 Å². The number of aromatic nitrogens is 4. The van der Waals surface area contributed by atoms with Crippen LogP contribution in [-0.4, -0.2) is 20.1 Å². The molecule has 1 atom stereocenters. The highest BCUT2D eigenvalue weighted by atomic mass is 19.1. The van der Waals surface area contributed by atoms with Gasteiger partial charge in [-0.3, -0.25) is 0 Å². The zero-order chi connectivity index (χ0) is 18.1. The molecule has 8 heteroatoms. The number of anilines is 1. The number of hydrogen-bond acceptors (Lipinski definition) is 5. The number of halogens is 1. The molecule has 2 aromatic carbocycles. The van der Waals surface area contributed by atoms with Gasteiger partial charge in [0.2, 0.25) is 0 Å². The molecule has 4 aromatic rings. The highest BCUT2D eigenvalue weighted by molar-refractivity contribution is 5.75. The molecule has 2 heterocycles. The van der Waals surface area contributed by atoms with Crippen LogP contribution in [0.2, 0.25) is 0 Å². The Labute approximate surface area is 147 Å². The van der Waals surface area contributed by atoms with Gasteiger partial charge in [0.25, 0.3) is 0 Å². The van der Waals surface area contributed by atoms with E-state index in [0.717, 1.165) is 22.2 Å². The van der Waals surface area contributed by atoms with E-state index in [0.29, 0.717) is 18.3 Å². The average molecular weight is 353 g/mol. The second kappa shape index (κ2) is 6.47. The molecule has 0 amide bonds. The first-order valence-corrected chi connectivity index (χ1v) is 8.12. The molecule has 0 spiro atoms. The lowest BCUT2D eigenvalue weighted by Crippen LogP contribution is -2.07. The minimum absolute atomic E-state index is 0.100. The maximum atomic E-state index is 13.0. The van der Waals surface area contributed by atoms with E-state index < -0.39 is 0 Å². The van der Waals surface area contributed by atoms with Crippen molar-refractivity contribution in [2.24, 2.45) is 0 Å². The molecule has 0 saturated heterocycles. The van der Waals surface area contributed by atoms with E-state index in [1.54, 1.807) is 12.1 Å². The molecule has 1 unspecified atom stereocenters. The monoisotopic (exact) mass is 353 g/mol. The minimum atomic E-state index is -0.279. The van der Waals surface area contributed by atoms with Crippen LogP contribution < -0.4 is 11.0 Å². The fourth-order valence-corrected chi connectivity index (χ4v) is 2.76. The highest BCUT2D eigenvalue weighted by Crippen LogP contribution is 2.21. The van der Waals surface area contributed by atoms with Gasteiger partial charge in [-0.25, -0.2) is 9.18 Å². The molecule has 0 aliphatic heterocycles. The minimum Gasteiger partial charge on any atom is -0.331 e. The fourth-order valence-electron chi connectivity index (χ4n) is 2.76. The summed E-state index contributed by atoms with van der Waals surface area (Å²) in [5.74, 6) is 0.232. The summed E-state index contributed by atoms with van der Waals surface area (Å²) in [5.41, 5.74) is 3.12. The molecule has 132 valence electrons. The maximum absolute atomic E-state index is 13.0. The lowest BCUT2D eigenvalue weighted by Gasteiger charge is -2.11. The topological polar surface area (TPSA) is 99.6 Å². The van der Waals surface area contributed by atoms with Gasteiger partial charge in [-0.05, 0) is 42.3 Å². The Morgan fingerprint density at radius 1 is 1.15 bits per heavy atom. The van der Waals surface area contributed by atoms with Crippen LogP contribution in [0.15, 0.2) is 51.8 Å². The molecule has 26 heavy (non-hydrogen) atoms. The number of nitrogens with zero attached hydrogens (tertiary/aromatic N) is 2. The van der Waals surface area contributed by atoms with Crippen LogP contribution in [0, 0.1) is 5.82 Å². The lowest BCUT2D eigenvalue weighted by atomic mass is 10.1. The second-order valence-corrected chi connectivity index (χ2v) is 6.07. The first-order valence-electron chi connectivity index (χ1n) is 8.12. The molecular weight excluding hydrogens is 337 g/mol. The first-order chi connectivity index (χ1) is 12.6. The Balaban J connectivity index is 1.46. The largest absolute Gasteiger partial charge is 0.331 e. The van der Waals surface area contributed by atoms with Gasteiger partial charge in [-0.1, -0.05) is 23.4 Å². The molecule has 0 aliphatic carbocycles. The van der Waals surface area contributed by atoms with Crippen molar-refractivity contribution in [3.8, 4) is 0 Å². The standard InChI is InChI=1S/C18H16FN5O2/c1-10(12-4-7-14-15(9-12)22-17(25)21-14)20-18-23-16(24-26-18)8-11-2-5-13(19)6-3-11/h2-7,9-10H,8H2,1H3,(H,20,23,24)(H2,21,22,25). The van der Waals surface area contributed by atoms with E-state index in [9.17, 15) is 9.18 Å². The van der Waals surface area contributed by atoms with Crippen molar-refractivity contribution >= 4 is 17.0 Å². The number of nitrogens with one attached hydrogen (secondary N) is 3. The van der Waals surface area contributed by atoms with Crippen LogP contribution in [-0.2, 0) is 6.42 Å². The SMILES string of the molecule is CC(Nc1nc(Cc2ccc(F)cc2)no1)c1ccc2[nH]c(=O)[nH]c2c1. The predicted octanol–water partition coefficient (Wildman–Crippen LogP) is 3.14. The Bertz CT molecular complexity index is 1100. The Kier molecular flexibility index (Phi) is 4.00. The maximum Gasteiger partial charge on any atom is 0.323 e. The number of aromatic amines is 2. The number of H-pyrrole nitrogens is 2. The number of benzene rings is 2. The van der Waals surface area contributed by atoms with Gasteiger partial charge in [0, 0.05) is 6.42 Å². The molecule has 0 bridgehead atoms. The van der Waals surface area contributed by atoms with Crippen LogP contribution in [0.1, 0.15) is 29.9 Å². The van der Waals surface area contributed by atoms with E-state index >= 15 is 0 Å². The molecule has 0 saturated carbocycles. The van der Waals surface area contributed by atoms with Gasteiger partial charge in [0.1, 0.15) is 5.82 Å². The van der Waals surface area contributed by atoms with Crippen LogP contribution in [0.4, 0.5) is 10.4 Å². The smallest absolute Gasteiger partial charge is 0.323 e. The third kappa shape index (κ3) is 3.34. The number of hydrogen-bond donors (Lipinski definition) is 3. The van der Waals surface area contributed by atoms with E-state index in [1.807, 2.05) is 25.1 Å². The van der Waals surface area contributed by atoms with Gasteiger partial charge >= 0.3 is 11.7 Å². The van der Waals surface area contributed by atoms with Gasteiger partial charge in [-0.15, -0.1) is 0 Å². The van der Waals surface area contributed by atoms with Crippen molar-refractivity contribution in [1.29, 1.82) is 0 Å².